The van der Waals surface area contributed by atoms with E-state index in [0.717, 1.165) is 6.20 Å². The largest absolute Gasteiger partial charge is 0.428 e. The predicted molar refractivity (Wildman–Crippen MR) is 157 cm³/mol. The quantitative estimate of drug-likeness (QED) is 0.270. The van der Waals surface area contributed by atoms with Gasteiger partial charge in [-0.1, -0.05) is 31.2 Å². The molecule has 3 N–H and O–H groups in total. The van der Waals surface area contributed by atoms with Gasteiger partial charge in [0.05, 0.1) is 43.4 Å². The number of carbonyl (C=O) groups excluding carboxylic acids is 2. The Morgan fingerprint density at radius 3 is 2.27 bits per heavy atom. The molecule has 1 unspecified atom stereocenters. The van der Waals surface area contributed by atoms with Gasteiger partial charge >= 0.3 is 6.09 Å². The molecule has 0 spiro atoms. The summed E-state index contributed by atoms with van der Waals surface area (Å²) in [5, 5.41) is 15.3. The summed E-state index contributed by atoms with van der Waals surface area (Å²) in [6.07, 6.45) is 2.07. The lowest BCUT2D eigenvalue weighted by molar-refractivity contribution is -0.116. The molecule has 2 heterocycles. The zero-order valence-electron chi connectivity index (χ0n) is 24.6. The normalized spacial score (nSPS) is 17.2. The van der Waals surface area contributed by atoms with Crippen molar-refractivity contribution in [2.75, 3.05) is 32.1 Å². The van der Waals surface area contributed by atoms with Crippen LogP contribution in [0.5, 0.6) is 0 Å². The highest BCUT2D eigenvalue weighted by Crippen LogP contribution is 2.30. The molecule has 12 heteroatoms. The number of nitrogens with one attached hydrogen (secondary N) is 2. The van der Waals surface area contributed by atoms with Crippen molar-refractivity contribution in [1.29, 1.82) is 0 Å². The first kappa shape index (κ1) is 32.9. The van der Waals surface area contributed by atoms with Crippen LogP contribution in [0.4, 0.5) is 23.7 Å². The monoisotopic (exact) mass is 614 g/mol. The third-order valence-corrected chi connectivity index (χ3v) is 7.75. The highest BCUT2D eigenvalue weighted by molar-refractivity contribution is 5.92. The first-order valence-electron chi connectivity index (χ1n) is 14.5. The fourth-order valence-electron chi connectivity index (χ4n) is 5.08. The van der Waals surface area contributed by atoms with Crippen molar-refractivity contribution in [3.63, 3.8) is 0 Å². The number of likely N-dealkylation sites (N-methyl/N-ethyl adjacent to an activating group) is 1. The summed E-state index contributed by atoms with van der Waals surface area (Å²) in [6.45, 7) is 2.13. The van der Waals surface area contributed by atoms with Gasteiger partial charge in [0, 0.05) is 31.5 Å². The smallest absolute Gasteiger partial charge is 0.411 e. The van der Waals surface area contributed by atoms with Gasteiger partial charge in [-0.25, -0.2) is 18.0 Å². The fourth-order valence-corrected chi connectivity index (χ4v) is 5.08. The zero-order valence-corrected chi connectivity index (χ0v) is 24.6. The van der Waals surface area contributed by atoms with Gasteiger partial charge in [-0.15, -0.1) is 0 Å². The highest BCUT2D eigenvalue weighted by atomic mass is 19.1. The molecule has 4 rings (SSSR count). The second kappa shape index (κ2) is 15.6. The van der Waals surface area contributed by atoms with Crippen LogP contribution in [-0.4, -0.2) is 72.2 Å². The number of pyridine rings is 1. The summed E-state index contributed by atoms with van der Waals surface area (Å²) in [6, 6.07) is 11.1. The van der Waals surface area contributed by atoms with E-state index in [-0.39, 0.29) is 49.5 Å². The number of hydrogen-bond donors (Lipinski definition) is 3. The number of carbonyl (C=O) groups is 2. The van der Waals surface area contributed by atoms with Crippen molar-refractivity contribution in [3.05, 3.63) is 95.1 Å². The molecule has 0 aliphatic carbocycles. The maximum atomic E-state index is 14.9. The molecule has 2 amide bonds. The molecule has 1 aliphatic heterocycles. The Morgan fingerprint density at radius 1 is 1.09 bits per heavy atom. The number of aromatic nitrogens is 1. The second-order valence-corrected chi connectivity index (χ2v) is 10.7. The van der Waals surface area contributed by atoms with E-state index in [1.54, 1.807) is 31.3 Å². The van der Waals surface area contributed by atoms with Crippen molar-refractivity contribution >= 4 is 17.7 Å². The first-order valence-corrected chi connectivity index (χ1v) is 14.5. The van der Waals surface area contributed by atoms with E-state index in [4.69, 9.17) is 9.47 Å². The summed E-state index contributed by atoms with van der Waals surface area (Å²) in [7, 11) is 1.56. The minimum absolute atomic E-state index is 0.0600. The molecule has 0 saturated carbocycles. The Bertz CT molecular complexity index is 1340. The van der Waals surface area contributed by atoms with Crippen molar-refractivity contribution in [3.8, 4) is 0 Å². The van der Waals surface area contributed by atoms with E-state index >= 15 is 0 Å². The van der Waals surface area contributed by atoms with E-state index in [9.17, 15) is 27.9 Å². The molecule has 0 radical (unpaired) electrons. The Labute approximate surface area is 254 Å². The van der Waals surface area contributed by atoms with E-state index in [0.29, 0.717) is 30.5 Å². The van der Waals surface area contributed by atoms with Crippen LogP contribution in [0, 0.1) is 17.5 Å². The number of ether oxygens (including phenoxy) is 2. The molecule has 1 saturated heterocycles. The number of halogens is 3. The van der Waals surface area contributed by atoms with Gasteiger partial charge in [-0.3, -0.25) is 15.1 Å². The van der Waals surface area contributed by atoms with E-state index < -0.39 is 41.6 Å². The Kier molecular flexibility index (Phi) is 11.7. The lowest BCUT2D eigenvalue weighted by atomic mass is 9.88. The summed E-state index contributed by atoms with van der Waals surface area (Å²) >= 11 is 0. The van der Waals surface area contributed by atoms with Crippen molar-refractivity contribution < 1.29 is 37.3 Å². The number of amides is 2. The minimum atomic E-state index is -0.667. The third kappa shape index (κ3) is 8.77. The van der Waals surface area contributed by atoms with Gasteiger partial charge in [0.1, 0.15) is 17.5 Å². The second-order valence-electron chi connectivity index (χ2n) is 10.7. The van der Waals surface area contributed by atoms with Crippen molar-refractivity contribution in [1.82, 2.24) is 15.2 Å². The molecule has 1 aromatic heterocycles. The number of nitrogens with zero attached hydrogens (tertiary/aromatic N) is 2. The van der Waals surface area contributed by atoms with Gasteiger partial charge < -0.3 is 24.8 Å². The van der Waals surface area contributed by atoms with Crippen molar-refractivity contribution in [2.24, 2.45) is 0 Å². The average Bonchev–Trinajstić information content (AvgIpc) is 3.02. The average molecular weight is 615 g/mol. The number of aliphatic hydroxyl groups is 1. The molecule has 9 nitrogen and oxygen atoms in total. The van der Waals surface area contributed by atoms with Crippen LogP contribution >= 0.6 is 0 Å². The number of rotatable bonds is 12. The number of benzene rings is 2. The first-order chi connectivity index (χ1) is 21.2. The molecule has 3 atom stereocenters. The zero-order chi connectivity index (χ0) is 31.6. The third-order valence-electron chi connectivity index (χ3n) is 7.75. The highest BCUT2D eigenvalue weighted by Gasteiger charge is 2.28. The number of morpholine rings is 1. The van der Waals surface area contributed by atoms with E-state index in [2.05, 4.69) is 15.6 Å². The summed E-state index contributed by atoms with van der Waals surface area (Å²) < 4.78 is 53.3. The van der Waals surface area contributed by atoms with Gasteiger partial charge in [0.25, 0.3) is 0 Å². The number of hydrogen-bond acceptors (Lipinski definition) is 7. The Hall–Kier alpha value is -4.00. The SMILES string of the molecule is CCC(CO)N(C)C(=O)O[C@H]1CO[C@H](CCc2c(F)cncc2NC(=O)CC(c2ccc(F)cc2)c2ccc(F)cc2)CN1. The van der Waals surface area contributed by atoms with Gasteiger partial charge in [-0.2, -0.15) is 0 Å². The number of aliphatic hydroxyl groups excluding tert-OH is 1. The number of anilines is 1. The molecule has 0 bridgehead atoms. The lowest BCUT2D eigenvalue weighted by Crippen LogP contribution is -2.51. The Morgan fingerprint density at radius 2 is 1.73 bits per heavy atom. The van der Waals surface area contributed by atoms with Crippen LogP contribution in [-0.2, 0) is 20.7 Å². The molecular formula is C32H37F3N4O5. The van der Waals surface area contributed by atoms with Crippen LogP contribution in [0.3, 0.4) is 0 Å². The van der Waals surface area contributed by atoms with Gasteiger partial charge in [-0.05, 0) is 54.7 Å². The van der Waals surface area contributed by atoms with E-state index in [1.807, 2.05) is 6.92 Å². The fraction of sp³-hybridized carbons (Fsp3) is 0.406. The molecule has 2 aromatic carbocycles. The maximum Gasteiger partial charge on any atom is 0.411 e. The molecule has 1 fully saturated rings. The molecular weight excluding hydrogens is 577 g/mol. The van der Waals surface area contributed by atoms with Crippen molar-refractivity contribution in [2.45, 2.75) is 56.9 Å². The molecule has 3 aromatic rings. The van der Waals surface area contributed by atoms with Crippen LogP contribution in [0.15, 0.2) is 60.9 Å². The van der Waals surface area contributed by atoms with Crippen LogP contribution in [0.1, 0.15) is 48.8 Å². The maximum absolute atomic E-state index is 14.9. The summed E-state index contributed by atoms with van der Waals surface area (Å²) in [5.74, 6) is -2.34. The lowest BCUT2D eigenvalue weighted by Gasteiger charge is -2.32. The molecule has 44 heavy (non-hydrogen) atoms. The standard InChI is InChI=1S/C32H37F3N4O5/c1-3-24(18-40)39(2)32(42)44-31-19-43-25(15-37-31)12-13-26-28(35)16-36-17-29(26)38-30(41)14-27(20-4-8-22(33)9-5-20)21-6-10-23(34)11-7-21/h4-11,16-17,24-25,27,31,37,40H,3,12-15,18-19H2,1-2H3,(H,38,41)/t24?,25-,31+/m1/s1. The van der Waals surface area contributed by atoms with Crippen LogP contribution < -0.4 is 10.6 Å². The minimum Gasteiger partial charge on any atom is -0.428 e. The van der Waals surface area contributed by atoms with Gasteiger partial charge in [0.15, 0.2) is 6.23 Å². The van der Waals surface area contributed by atoms with Crippen LogP contribution in [0.2, 0.25) is 0 Å². The molecule has 236 valence electrons. The Balaban J connectivity index is 1.35. The van der Waals surface area contributed by atoms with Crippen LogP contribution in [0.25, 0.3) is 0 Å². The van der Waals surface area contributed by atoms with E-state index in [1.165, 1.54) is 35.4 Å². The summed E-state index contributed by atoms with van der Waals surface area (Å²) in [4.78, 5) is 30.8. The molecule has 1 aliphatic rings. The summed E-state index contributed by atoms with van der Waals surface area (Å²) in [5.41, 5.74) is 1.82. The topological polar surface area (TPSA) is 113 Å². The predicted octanol–water partition coefficient (Wildman–Crippen LogP) is 4.75. The van der Waals surface area contributed by atoms with Gasteiger partial charge in [0.2, 0.25) is 5.91 Å².